The van der Waals surface area contributed by atoms with Gasteiger partial charge in [-0.1, -0.05) is 18.2 Å². The molecule has 0 fully saturated rings. The van der Waals surface area contributed by atoms with Gasteiger partial charge in [0, 0.05) is 25.5 Å². The van der Waals surface area contributed by atoms with E-state index in [-0.39, 0.29) is 23.9 Å². The molecule has 3 rings (SSSR count). The first-order valence-electron chi connectivity index (χ1n) is 11.0. The monoisotopic (exact) mass is 467 g/mol. The van der Waals surface area contributed by atoms with Gasteiger partial charge in [-0.25, -0.2) is 9.48 Å². The number of benzene rings is 1. The molecule has 0 saturated heterocycles. The number of hydrogen-bond donors (Lipinski definition) is 2. The third kappa shape index (κ3) is 6.77. The van der Waals surface area contributed by atoms with E-state index in [2.05, 4.69) is 15.4 Å². The molecule has 180 valence electrons. The molecular formula is C24H29N5O5. The summed E-state index contributed by atoms with van der Waals surface area (Å²) >= 11 is 0. The molecule has 10 heteroatoms. The predicted molar refractivity (Wildman–Crippen MR) is 127 cm³/mol. The molecule has 0 bridgehead atoms. The molecule has 3 aromatic rings. The van der Waals surface area contributed by atoms with Crippen molar-refractivity contribution >= 4 is 22.8 Å². The minimum Gasteiger partial charge on any atom is -0.444 e. The van der Waals surface area contributed by atoms with Crippen LogP contribution in [0.15, 0.2) is 58.4 Å². The maximum Gasteiger partial charge on any atom is 0.410 e. The molecule has 0 aliphatic rings. The van der Waals surface area contributed by atoms with E-state index < -0.39 is 28.7 Å². The number of aromatic amines is 1. The van der Waals surface area contributed by atoms with Crippen molar-refractivity contribution in [2.45, 2.75) is 45.9 Å². The van der Waals surface area contributed by atoms with Gasteiger partial charge in [0.25, 0.3) is 11.1 Å². The Morgan fingerprint density at radius 2 is 1.85 bits per heavy atom. The number of carbonyl (C=O) groups is 2. The number of rotatable bonds is 8. The van der Waals surface area contributed by atoms with E-state index in [1.165, 1.54) is 0 Å². The molecular weight excluding hydrogens is 438 g/mol. The third-order valence-corrected chi connectivity index (χ3v) is 4.86. The second kappa shape index (κ2) is 10.8. The van der Waals surface area contributed by atoms with Gasteiger partial charge in [0.1, 0.15) is 12.1 Å². The van der Waals surface area contributed by atoms with Crippen LogP contribution in [0.3, 0.4) is 0 Å². The van der Waals surface area contributed by atoms with E-state index in [0.29, 0.717) is 19.5 Å². The van der Waals surface area contributed by atoms with Gasteiger partial charge in [-0.15, -0.1) is 0 Å². The second-order valence-corrected chi connectivity index (χ2v) is 8.84. The highest BCUT2D eigenvalue weighted by atomic mass is 16.6. The first kappa shape index (κ1) is 24.7. The summed E-state index contributed by atoms with van der Waals surface area (Å²) in [6.45, 7) is 6.02. The maximum atomic E-state index is 12.6. The minimum absolute atomic E-state index is 0.252. The number of ether oxygens (including phenoxy) is 1. The van der Waals surface area contributed by atoms with Crippen LogP contribution in [-0.4, -0.2) is 50.4 Å². The van der Waals surface area contributed by atoms with Crippen LogP contribution in [0.2, 0.25) is 0 Å². The summed E-state index contributed by atoms with van der Waals surface area (Å²) < 4.78 is 6.49. The number of hydrogen-bond acceptors (Lipinski definition) is 6. The predicted octanol–water partition coefficient (Wildman–Crippen LogP) is 2.03. The zero-order chi connectivity index (χ0) is 24.7. The quantitative estimate of drug-likeness (QED) is 0.488. The first-order valence-corrected chi connectivity index (χ1v) is 11.0. The molecule has 0 aliphatic heterocycles. The number of nitrogens with one attached hydrogen (secondary N) is 2. The number of H-pyrrole nitrogens is 1. The van der Waals surface area contributed by atoms with E-state index in [9.17, 15) is 19.2 Å². The molecule has 2 amide bonds. The average Bonchev–Trinajstić information content (AvgIpc) is 2.79. The maximum absolute atomic E-state index is 12.6. The molecule has 2 heterocycles. The molecule has 0 atom stereocenters. The Bertz CT molecular complexity index is 1260. The largest absolute Gasteiger partial charge is 0.444 e. The number of aromatic nitrogens is 3. The van der Waals surface area contributed by atoms with Crippen molar-refractivity contribution in [3.05, 3.63) is 75.1 Å². The Balaban J connectivity index is 1.57. The molecule has 10 nitrogen and oxygen atoms in total. The Labute approximate surface area is 196 Å². The highest BCUT2D eigenvalue weighted by Crippen LogP contribution is 2.13. The molecule has 0 radical (unpaired) electrons. The zero-order valence-electron chi connectivity index (χ0n) is 19.5. The molecule has 1 aromatic carbocycles. The summed E-state index contributed by atoms with van der Waals surface area (Å²) in [5.74, 6) is -0.427. The molecule has 2 N–H and O–H groups in total. The van der Waals surface area contributed by atoms with Crippen molar-refractivity contribution in [2.75, 3.05) is 13.1 Å². The first-order chi connectivity index (χ1) is 16.1. The lowest BCUT2D eigenvalue weighted by atomic mass is 10.2. The molecule has 2 aromatic heterocycles. The smallest absolute Gasteiger partial charge is 0.410 e. The molecule has 0 saturated carbocycles. The molecule has 0 unspecified atom stereocenters. The van der Waals surface area contributed by atoms with Gasteiger partial charge in [-0.3, -0.25) is 24.5 Å². The Morgan fingerprint density at radius 1 is 1.12 bits per heavy atom. The summed E-state index contributed by atoms with van der Waals surface area (Å²) in [6.07, 6.45) is 3.35. The highest BCUT2D eigenvalue weighted by molar-refractivity contribution is 5.81. The van der Waals surface area contributed by atoms with Crippen molar-refractivity contribution in [3.63, 3.8) is 0 Å². The normalized spacial score (nSPS) is 11.3. The van der Waals surface area contributed by atoms with Gasteiger partial charge >= 0.3 is 6.09 Å². The number of nitrogens with zero attached hydrogens (tertiary/aromatic N) is 3. The van der Waals surface area contributed by atoms with Gasteiger partial charge in [0.15, 0.2) is 0 Å². The Kier molecular flexibility index (Phi) is 7.83. The van der Waals surface area contributed by atoms with Gasteiger partial charge in [0.2, 0.25) is 5.91 Å². The fourth-order valence-corrected chi connectivity index (χ4v) is 3.33. The highest BCUT2D eigenvalue weighted by Gasteiger charge is 2.22. The van der Waals surface area contributed by atoms with Crippen molar-refractivity contribution in [3.8, 4) is 0 Å². The summed E-state index contributed by atoms with van der Waals surface area (Å²) in [4.78, 5) is 55.4. The van der Waals surface area contributed by atoms with Crippen molar-refractivity contribution < 1.29 is 14.3 Å². The zero-order valence-corrected chi connectivity index (χ0v) is 19.5. The van der Waals surface area contributed by atoms with Gasteiger partial charge in [-0.05, 0) is 51.0 Å². The molecule has 34 heavy (non-hydrogen) atoms. The van der Waals surface area contributed by atoms with Crippen molar-refractivity contribution in [1.82, 2.24) is 25.0 Å². The minimum atomic E-state index is -0.636. The Morgan fingerprint density at radius 3 is 2.53 bits per heavy atom. The molecule has 0 spiro atoms. The summed E-state index contributed by atoms with van der Waals surface area (Å²) in [5.41, 5.74) is -0.663. The fourth-order valence-electron chi connectivity index (χ4n) is 3.33. The average molecular weight is 468 g/mol. The van der Waals surface area contributed by atoms with Crippen LogP contribution in [0.4, 0.5) is 4.79 Å². The van der Waals surface area contributed by atoms with E-state index in [4.69, 9.17) is 4.74 Å². The van der Waals surface area contributed by atoms with Crippen molar-refractivity contribution in [1.29, 1.82) is 0 Å². The van der Waals surface area contributed by atoms with Crippen LogP contribution in [0, 0.1) is 0 Å². The third-order valence-electron chi connectivity index (χ3n) is 4.86. The van der Waals surface area contributed by atoms with Gasteiger partial charge in [0.05, 0.1) is 17.3 Å². The van der Waals surface area contributed by atoms with Crippen LogP contribution in [0.1, 0.15) is 32.8 Å². The van der Waals surface area contributed by atoms with Crippen molar-refractivity contribution in [2.24, 2.45) is 0 Å². The van der Waals surface area contributed by atoms with E-state index >= 15 is 0 Å². The summed E-state index contributed by atoms with van der Waals surface area (Å²) in [5, 5.41) is 5.69. The van der Waals surface area contributed by atoms with Crippen LogP contribution >= 0.6 is 0 Å². The van der Waals surface area contributed by atoms with Crippen LogP contribution in [0.5, 0.6) is 0 Å². The number of carbonyl (C=O) groups excluding carboxylic acids is 2. The lowest BCUT2D eigenvalue weighted by molar-refractivity contribution is -0.121. The van der Waals surface area contributed by atoms with Crippen LogP contribution < -0.4 is 16.4 Å². The van der Waals surface area contributed by atoms with Gasteiger partial charge in [-0.2, -0.15) is 0 Å². The lowest BCUT2D eigenvalue weighted by Crippen LogP contribution is -2.39. The van der Waals surface area contributed by atoms with Crippen LogP contribution in [0.25, 0.3) is 10.8 Å². The number of pyridine rings is 1. The SMILES string of the molecule is CC(C)(C)OC(=O)N(CCCNC(=O)Cn1[nH]c(=O)c2ccccc2c1=O)Cc1cccnc1. The Hall–Kier alpha value is -3.95. The standard InChI is InChI=1S/C24H29N5O5/c1-24(2,3)34-23(33)28(15-17-8-6-11-25-14-17)13-7-12-26-20(30)16-29-22(32)19-10-5-4-9-18(19)21(31)27-29/h4-6,8-11,14H,7,12-13,15-16H2,1-3H3,(H,26,30)(H,27,31). The van der Waals surface area contributed by atoms with Crippen LogP contribution in [-0.2, 0) is 22.6 Å². The lowest BCUT2D eigenvalue weighted by Gasteiger charge is -2.27. The summed E-state index contributed by atoms with van der Waals surface area (Å²) in [6, 6.07) is 10.1. The van der Waals surface area contributed by atoms with E-state index in [1.54, 1.807) is 68.4 Å². The number of amides is 2. The molecule has 0 aliphatic carbocycles. The van der Waals surface area contributed by atoms with E-state index in [0.717, 1.165) is 10.2 Å². The van der Waals surface area contributed by atoms with Gasteiger partial charge < -0.3 is 15.0 Å². The second-order valence-electron chi connectivity index (χ2n) is 8.84. The topological polar surface area (TPSA) is 126 Å². The number of fused-ring (bicyclic) bond motifs is 1. The summed E-state index contributed by atoms with van der Waals surface area (Å²) in [7, 11) is 0. The van der Waals surface area contributed by atoms with E-state index in [1.807, 2.05) is 6.07 Å². The fraction of sp³-hybridized carbons (Fsp3) is 0.375.